The second-order valence-electron chi connectivity index (χ2n) is 9.14. The van der Waals surface area contributed by atoms with Crippen LogP contribution in [0.5, 0.6) is 0 Å². The van der Waals surface area contributed by atoms with E-state index in [2.05, 4.69) is 40.5 Å². The van der Waals surface area contributed by atoms with Crippen molar-refractivity contribution in [3.63, 3.8) is 0 Å². The van der Waals surface area contributed by atoms with E-state index >= 15 is 0 Å². The van der Waals surface area contributed by atoms with Crippen molar-refractivity contribution in [3.05, 3.63) is 71.4 Å². The van der Waals surface area contributed by atoms with Crippen LogP contribution in [-0.4, -0.2) is 50.0 Å². The van der Waals surface area contributed by atoms with Gasteiger partial charge in [-0.2, -0.15) is 18.3 Å². The maximum atomic E-state index is 13.5. The van der Waals surface area contributed by atoms with Gasteiger partial charge in [0.1, 0.15) is 5.82 Å². The molecule has 2 aliphatic rings. The Morgan fingerprint density at radius 1 is 1.14 bits per heavy atom. The molecule has 35 heavy (non-hydrogen) atoms. The van der Waals surface area contributed by atoms with Crippen molar-refractivity contribution in [2.24, 2.45) is 5.92 Å². The molecule has 1 aliphatic heterocycles. The minimum atomic E-state index is -5.08. The van der Waals surface area contributed by atoms with E-state index < -0.39 is 12.1 Å². The van der Waals surface area contributed by atoms with E-state index in [4.69, 9.17) is 15.0 Å². The Bertz CT molecular complexity index is 1180. The average Bonchev–Trinajstić information content (AvgIpc) is 3.44. The molecule has 2 atom stereocenters. The number of hydrogen-bond acceptors (Lipinski definition) is 4. The largest absolute Gasteiger partial charge is 0.490 e. The smallest absolute Gasteiger partial charge is 0.475 e. The van der Waals surface area contributed by atoms with E-state index in [9.17, 15) is 17.6 Å². The Labute approximate surface area is 200 Å². The molecule has 6 nitrogen and oxygen atoms in total. The third kappa shape index (κ3) is 5.37. The van der Waals surface area contributed by atoms with Crippen LogP contribution in [0.4, 0.5) is 17.6 Å². The standard InChI is InChI=1S/C23H25FN4.C2HF3O2/c1-15(2)28-23(16-6-8-18(24)9-7-16)22-20-14-27(12-17(20)11-21(22)26-28)13-19-5-3-4-10-25-19;3-2(4,5)1(6)7/h3-10,15,17,20H,11-14H2,1-2H3;(H,6,7)/t17-,20+;/m1./s1. The van der Waals surface area contributed by atoms with Gasteiger partial charge in [0.2, 0.25) is 0 Å². The van der Waals surface area contributed by atoms with Gasteiger partial charge in [-0.25, -0.2) is 9.18 Å². The van der Waals surface area contributed by atoms with Crippen molar-refractivity contribution < 1.29 is 27.5 Å². The lowest BCUT2D eigenvalue weighted by molar-refractivity contribution is -0.192. The van der Waals surface area contributed by atoms with Crippen LogP contribution in [0, 0.1) is 11.7 Å². The molecule has 3 aromatic rings. The van der Waals surface area contributed by atoms with E-state index in [1.807, 2.05) is 24.4 Å². The van der Waals surface area contributed by atoms with Gasteiger partial charge in [-0.05, 0) is 62.6 Å². The highest BCUT2D eigenvalue weighted by Gasteiger charge is 2.44. The van der Waals surface area contributed by atoms with Gasteiger partial charge >= 0.3 is 12.1 Å². The van der Waals surface area contributed by atoms with Crippen molar-refractivity contribution in [2.45, 2.75) is 44.9 Å². The third-order valence-corrected chi connectivity index (χ3v) is 6.33. The summed E-state index contributed by atoms with van der Waals surface area (Å²) in [6.45, 7) is 7.34. The summed E-state index contributed by atoms with van der Waals surface area (Å²) in [6.07, 6.45) is -2.18. The van der Waals surface area contributed by atoms with Crippen molar-refractivity contribution >= 4 is 5.97 Å². The van der Waals surface area contributed by atoms with Crippen LogP contribution in [-0.2, 0) is 17.8 Å². The second kappa shape index (κ2) is 9.77. The van der Waals surface area contributed by atoms with E-state index in [-0.39, 0.29) is 11.9 Å². The third-order valence-electron chi connectivity index (χ3n) is 6.33. The monoisotopic (exact) mass is 490 g/mol. The Hall–Kier alpha value is -3.27. The molecule has 0 amide bonds. The number of alkyl halides is 3. The molecule has 1 aromatic carbocycles. The first kappa shape index (κ1) is 24.8. The summed E-state index contributed by atoms with van der Waals surface area (Å²) in [4.78, 5) is 15.9. The minimum Gasteiger partial charge on any atom is -0.475 e. The quantitative estimate of drug-likeness (QED) is 0.517. The fourth-order valence-corrected chi connectivity index (χ4v) is 4.90. The zero-order valence-electron chi connectivity index (χ0n) is 19.3. The molecule has 10 heteroatoms. The van der Waals surface area contributed by atoms with Crippen LogP contribution in [0.25, 0.3) is 11.3 Å². The zero-order chi connectivity index (χ0) is 25.3. The maximum Gasteiger partial charge on any atom is 0.490 e. The van der Waals surface area contributed by atoms with Gasteiger partial charge in [-0.15, -0.1) is 0 Å². The molecule has 1 N–H and O–H groups in total. The van der Waals surface area contributed by atoms with Crippen LogP contribution in [0.15, 0.2) is 48.7 Å². The number of carboxylic acids is 1. The summed E-state index contributed by atoms with van der Waals surface area (Å²) < 4.78 is 47.4. The Morgan fingerprint density at radius 3 is 2.40 bits per heavy atom. The number of halogens is 4. The minimum absolute atomic E-state index is 0.198. The highest BCUT2D eigenvalue weighted by molar-refractivity contribution is 5.73. The number of rotatable bonds is 4. The fraction of sp³-hybridized carbons (Fsp3) is 0.400. The normalized spacial score (nSPS) is 19.3. The van der Waals surface area contributed by atoms with Crippen LogP contribution >= 0.6 is 0 Å². The zero-order valence-corrected chi connectivity index (χ0v) is 19.3. The van der Waals surface area contributed by atoms with Gasteiger partial charge in [-0.1, -0.05) is 6.07 Å². The van der Waals surface area contributed by atoms with Gasteiger partial charge < -0.3 is 5.11 Å². The predicted molar refractivity (Wildman–Crippen MR) is 121 cm³/mol. The lowest BCUT2D eigenvalue weighted by Gasteiger charge is -2.17. The van der Waals surface area contributed by atoms with Crippen molar-refractivity contribution in [1.82, 2.24) is 19.7 Å². The number of hydrogen-bond donors (Lipinski definition) is 1. The second-order valence-corrected chi connectivity index (χ2v) is 9.14. The van der Waals surface area contributed by atoms with E-state index in [0.29, 0.717) is 11.8 Å². The molecule has 0 saturated carbocycles. The first-order chi connectivity index (χ1) is 16.5. The van der Waals surface area contributed by atoms with Crippen LogP contribution in [0.2, 0.25) is 0 Å². The highest BCUT2D eigenvalue weighted by Crippen LogP contribution is 2.47. The lowest BCUT2D eigenvalue weighted by Crippen LogP contribution is -2.21. The average molecular weight is 491 g/mol. The summed E-state index contributed by atoms with van der Waals surface area (Å²) in [6, 6.07) is 13.3. The Kier molecular flexibility index (Phi) is 6.93. The number of pyridine rings is 1. The van der Waals surface area contributed by atoms with Crippen molar-refractivity contribution in [2.75, 3.05) is 13.1 Å². The number of aliphatic carboxylic acids is 1. The number of nitrogens with zero attached hydrogens (tertiary/aromatic N) is 4. The summed E-state index contributed by atoms with van der Waals surface area (Å²) in [5.41, 5.74) is 5.98. The molecule has 0 unspecified atom stereocenters. The van der Waals surface area contributed by atoms with E-state index in [1.165, 1.54) is 17.0 Å². The molecular weight excluding hydrogens is 464 g/mol. The van der Waals surface area contributed by atoms with E-state index in [1.54, 1.807) is 12.1 Å². The summed E-state index contributed by atoms with van der Waals surface area (Å²) in [5, 5.41) is 12.1. The molecular formula is C25H26F4N4O2. The molecule has 2 aromatic heterocycles. The van der Waals surface area contributed by atoms with Crippen LogP contribution < -0.4 is 0 Å². The predicted octanol–water partition coefficient (Wildman–Crippen LogP) is 5.07. The summed E-state index contributed by atoms with van der Waals surface area (Å²) in [5.74, 6) is -1.85. The van der Waals surface area contributed by atoms with Crippen molar-refractivity contribution in [1.29, 1.82) is 0 Å². The Morgan fingerprint density at radius 2 is 1.83 bits per heavy atom. The van der Waals surface area contributed by atoms with Gasteiger partial charge in [0.15, 0.2) is 0 Å². The topological polar surface area (TPSA) is 71.2 Å². The maximum absolute atomic E-state index is 13.5. The molecule has 1 fully saturated rings. The number of carboxylic acid groups (broad SMARTS) is 1. The number of likely N-dealkylation sites (tertiary alicyclic amines) is 1. The number of carbonyl (C=O) groups is 1. The summed E-state index contributed by atoms with van der Waals surface area (Å²) >= 11 is 0. The molecule has 5 rings (SSSR count). The summed E-state index contributed by atoms with van der Waals surface area (Å²) in [7, 11) is 0. The fourth-order valence-electron chi connectivity index (χ4n) is 4.90. The number of fused-ring (bicyclic) bond motifs is 3. The first-order valence-electron chi connectivity index (χ1n) is 11.3. The highest BCUT2D eigenvalue weighted by atomic mass is 19.4. The molecule has 0 radical (unpaired) electrons. The molecule has 1 saturated heterocycles. The number of aromatic nitrogens is 3. The molecule has 1 aliphatic carbocycles. The van der Waals surface area contributed by atoms with E-state index in [0.717, 1.165) is 37.3 Å². The van der Waals surface area contributed by atoms with Crippen molar-refractivity contribution in [3.8, 4) is 11.3 Å². The SMILES string of the molecule is CC(C)n1nc2c(c1-c1ccc(F)cc1)[C@H]1CN(Cc3ccccn3)C[C@H]1C2.O=C(O)C(F)(F)F. The van der Waals surface area contributed by atoms with Gasteiger partial charge in [0.25, 0.3) is 0 Å². The van der Waals surface area contributed by atoms with Crippen LogP contribution in [0.1, 0.15) is 42.8 Å². The number of benzene rings is 1. The van der Waals surface area contributed by atoms with Gasteiger partial charge in [0, 0.05) is 48.9 Å². The Balaban J connectivity index is 0.000000364. The molecule has 0 spiro atoms. The molecule has 3 heterocycles. The molecule has 186 valence electrons. The first-order valence-corrected chi connectivity index (χ1v) is 11.3. The van der Waals surface area contributed by atoms with Gasteiger partial charge in [0.05, 0.1) is 17.1 Å². The van der Waals surface area contributed by atoms with Crippen LogP contribution in [0.3, 0.4) is 0 Å². The van der Waals surface area contributed by atoms with Gasteiger partial charge in [-0.3, -0.25) is 14.6 Å². The molecule has 0 bridgehead atoms. The lowest BCUT2D eigenvalue weighted by atomic mass is 9.93.